The number of aromatic nitrogens is 1. The zero-order chi connectivity index (χ0) is 14.7. The molecule has 0 aromatic carbocycles. The van der Waals surface area contributed by atoms with Crippen LogP contribution in [0, 0.1) is 11.3 Å². The monoisotopic (exact) mass is 334 g/mol. The fraction of sp³-hybridized carbons (Fsp3) is 0.273. The zero-order valence-electron chi connectivity index (χ0n) is 10.5. The number of nitrogens with two attached hydrogens (primary N) is 1. The van der Waals surface area contributed by atoms with Crippen LogP contribution in [0.3, 0.4) is 0 Å². The van der Waals surface area contributed by atoms with E-state index in [1.807, 2.05) is 12.1 Å². The fourth-order valence-corrected chi connectivity index (χ4v) is 1.31. The maximum atomic E-state index is 11.1. The number of hydrogen-bond acceptors (Lipinski definition) is 4. The number of rotatable bonds is 4. The van der Waals surface area contributed by atoms with Gasteiger partial charge in [0.2, 0.25) is 0 Å². The van der Waals surface area contributed by atoms with Gasteiger partial charge in [0.25, 0.3) is 10.5 Å². The van der Waals surface area contributed by atoms with Crippen molar-refractivity contribution in [2.75, 3.05) is 6.54 Å². The lowest BCUT2D eigenvalue weighted by molar-refractivity contribution is 0.222. The van der Waals surface area contributed by atoms with Gasteiger partial charge in [0.05, 0.1) is 12.5 Å². The Bertz CT molecular complexity index is 449. The first-order valence-corrected chi connectivity index (χ1v) is 6.09. The van der Waals surface area contributed by atoms with E-state index in [1.165, 1.54) is 4.90 Å². The Labute approximate surface area is 134 Å². The van der Waals surface area contributed by atoms with Gasteiger partial charge in [-0.15, -0.1) is 12.4 Å². The SMILES string of the molecule is Cl.N#CCCN(Cc1cccnc1)C(=O)S.NC(=O)S. The summed E-state index contributed by atoms with van der Waals surface area (Å²) in [5.41, 5.74) is 5.26. The van der Waals surface area contributed by atoms with Gasteiger partial charge in [-0.25, -0.2) is 0 Å². The lowest BCUT2D eigenvalue weighted by Gasteiger charge is -2.18. The molecule has 1 aromatic heterocycles. The third kappa shape index (κ3) is 11.6. The quantitative estimate of drug-likeness (QED) is 0.735. The van der Waals surface area contributed by atoms with E-state index < -0.39 is 5.24 Å². The molecule has 0 atom stereocenters. The summed E-state index contributed by atoms with van der Waals surface area (Å²) in [6.07, 6.45) is 3.67. The molecular weight excluding hydrogens is 320 g/mol. The standard InChI is InChI=1S/C10H11N3OS.CH3NOS.ClH/c11-4-2-6-13(10(14)15)8-9-3-1-5-12-7-9;2-1(3)4;/h1,3,5,7H,2,6,8H2,(H,14,15);(H3,2,3,4);1H. The highest BCUT2D eigenvalue weighted by Gasteiger charge is 2.09. The highest BCUT2D eigenvalue weighted by molar-refractivity contribution is 7.96. The van der Waals surface area contributed by atoms with E-state index in [1.54, 1.807) is 18.5 Å². The number of thiol groups is 2. The van der Waals surface area contributed by atoms with Crippen LogP contribution >= 0.6 is 37.7 Å². The van der Waals surface area contributed by atoms with E-state index in [9.17, 15) is 4.79 Å². The van der Waals surface area contributed by atoms with Gasteiger partial charge < -0.3 is 10.6 Å². The molecule has 0 aliphatic carbocycles. The van der Waals surface area contributed by atoms with Gasteiger partial charge in [-0.3, -0.25) is 14.6 Å². The lowest BCUT2D eigenvalue weighted by atomic mass is 10.2. The van der Waals surface area contributed by atoms with Crippen LogP contribution in [0.1, 0.15) is 12.0 Å². The summed E-state index contributed by atoms with van der Waals surface area (Å²) in [7, 11) is 0. The number of pyridine rings is 1. The van der Waals surface area contributed by atoms with Gasteiger partial charge in [-0.05, 0) is 11.6 Å². The minimum absolute atomic E-state index is 0. The molecule has 0 spiro atoms. The number of halogens is 1. The van der Waals surface area contributed by atoms with Crippen molar-refractivity contribution in [3.05, 3.63) is 30.1 Å². The maximum absolute atomic E-state index is 11.1. The molecule has 0 aliphatic rings. The summed E-state index contributed by atoms with van der Waals surface area (Å²) in [5.74, 6) is 0. The Morgan fingerprint density at radius 2 is 2.05 bits per heavy atom. The van der Waals surface area contributed by atoms with Crippen molar-refractivity contribution in [3.63, 3.8) is 0 Å². The van der Waals surface area contributed by atoms with Gasteiger partial charge in [-0.1, -0.05) is 31.3 Å². The van der Waals surface area contributed by atoms with Crippen LogP contribution in [0.2, 0.25) is 0 Å². The molecule has 0 saturated heterocycles. The van der Waals surface area contributed by atoms with Gasteiger partial charge in [-0.2, -0.15) is 5.26 Å². The van der Waals surface area contributed by atoms with Crippen LogP contribution in [-0.2, 0) is 6.54 Å². The number of hydrogen-bond donors (Lipinski definition) is 3. The van der Waals surface area contributed by atoms with E-state index in [2.05, 4.69) is 36.0 Å². The number of nitrogens with zero attached hydrogens (tertiary/aromatic N) is 3. The molecule has 9 heteroatoms. The van der Waals surface area contributed by atoms with E-state index in [-0.39, 0.29) is 17.6 Å². The van der Waals surface area contributed by atoms with Crippen LogP contribution in [-0.4, -0.2) is 26.9 Å². The van der Waals surface area contributed by atoms with Gasteiger partial charge in [0, 0.05) is 25.5 Å². The van der Waals surface area contributed by atoms with E-state index in [4.69, 9.17) is 10.1 Å². The van der Waals surface area contributed by atoms with Crippen molar-refractivity contribution in [3.8, 4) is 6.07 Å². The number of carbonyl (C=O) groups excluding carboxylic acids is 2. The predicted molar refractivity (Wildman–Crippen MR) is 85.1 cm³/mol. The van der Waals surface area contributed by atoms with Crippen LogP contribution in [0.4, 0.5) is 9.59 Å². The first-order chi connectivity index (χ1) is 8.97. The summed E-state index contributed by atoms with van der Waals surface area (Å²) in [6.45, 7) is 0.839. The second-order valence-corrected chi connectivity index (χ2v) is 4.14. The zero-order valence-corrected chi connectivity index (χ0v) is 13.1. The van der Waals surface area contributed by atoms with Crippen molar-refractivity contribution in [1.29, 1.82) is 5.26 Å². The first kappa shape index (κ1) is 20.9. The normalized spacial score (nSPS) is 8.25. The molecule has 1 rings (SSSR count). The molecule has 110 valence electrons. The van der Waals surface area contributed by atoms with Crippen molar-refractivity contribution in [1.82, 2.24) is 9.88 Å². The topological polar surface area (TPSA) is 100 Å². The molecule has 1 aromatic rings. The average Bonchev–Trinajstić information content (AvgIpc) is 2.34. The molecule has 0 saturated carbocycles. The van der Waals surface area contributed by atoms with Crippen LogP contribution < -0.4 is 5.73 Å². The first-order valence-electron chi connectivity index (χ1n) is 5.19. The van der Waals surface area contributed by atoms with Gasteiger partial charge in [0.1, 0.15) is 0 Å². The highest BCUT2D eigenvalue weighted by atomic mass is 35.5. The molecule has 2 amide bonds. The summed E-state index contributed by atoms with van der Waals surface area (Å²) in [5, 5.41) is 7.47. The van der Waals surface area contributed by atoms with E-state index in [0.29, 0.717) is 19.5 Å². The molecular formula is C11H15ClN4O2S2. The molecule has 0 fully saturated rings. The van der Waals surface area contributed by atoms with Crippen molar-refractivity contribution in [2.45, 2.75) is 13.0 Å². The molecule has 0 radical (unpaired) electrons. The van der Waals surface area contributed by atoms with Crippen LogP contribution in [0.15, 0.2) is 24.5 Å². The molecule has 0 aliphatic heterocycles. The number of amides is 2. The largest absolute Gasteiger partial charge is 0.361 e. The van der Waals surface area contributed by atoms with Crippen LogP contribution in [0.25, 0.3) is 0 Å². The second-order valence-electron chi connectivity index (χ2n) is 3.31. The second kappa shape index (κ2) is 12.6. The fourth-order valence-electron chi connectivity index (χ4n) is 1.14. The van der Waals surface area contributed by atoms with Crippen LogP contribution in [0.5, 0.6) is 0 Å². The number of primary amides is 1. The minimum Gasteiger partial charge on any atom is -0.361 e. The molecule has 6 nitrogen and oxygen atoms in total. The highest BCUT2D eigenvalue weighted by Crippen LogP contribution is 2.06. The van der Waals surface area contributed by atoms with E-state index >= 15 is 0 Å². The van der Waals surface area contributed by atoms with Crippen molar-refractivity contribution >= 4 is 48.1 Å². The molecule has 0 bridgehead atoms. The third-order valence-corrected chi connectivity index (χ3v) is 2.14. The van der Waals surface area contributed by atoms with Crippen molar-refractivity contribution in [2.24, 2.45) is 5.73 Å². The average molecular weight is 335 g/mol. The molecule has 0 unspecified atom stereocenters. The Balaban J connectivity index is 0. The van der Waals surface area contributed by atoms with Crippen molar-refractivity contribution < 1.29 is 9.59 Å². The summed E-state index contributed by atoms with van der Waals surface area (Å²) < 4.78 is 0. The summed E-state index contributed by atoms with van der Waals surface area (Å²) in [6, 6.07) is 5.68. The Hall–Kier alpha value is -1.43. The Morgan fingerprint density at radius 1 is 1.45 bits per heavy atom. The maximum Gasteiger partial charge on any atom is 0.278 e. The lowest BCUT2D eigenvalue weighted by Crippen LogP contribution is -2.26. The third-order valence-electron chi connectivity index (χ3n) is 1.86. The van der Waals surface area contributed by atoms with E-state index in [0.717, 1.165) is 5.56 Å². The molecule has 1 heterocycles. The van der Waals surface area contributed by atoms with Gasteiger partial charge >= 0.3 is 0 Å². The Morgan fingerprint density at radius 3 is 2.45 bits per heavy atom. The molecule has 20 heavy (non-hydrogen) atoms. The minimum atomic E-state index is -0.639. The Kier molecular flexibility index (Phi) is 13.1. The smallest absolute Gasteiger partial charge is 0.278 e. The molecule has 2 N–H and O–H groups in total. The number of carbonyl (C=O) groups is 2. The predicted octanol–water partition coefficient (Wildman–Crippen LogP) is 2.26. The summed E-state index contributed by atoms with van der Waals surface area (Å²) in [4.78, 5) is 25.7. The summed E-state index contributed by atoms with van der Waals surface area (Å²) >= 11 is 6.86. The van der Waals surface area contributed by atoms with Gasteiger partial charge in [0.15, 0.2) is 0 Å². The number of nitriles is 1.